The van der Waals surface area contributed by atoms with Crippen LogP contribution in [-0.4, -0.2) is 84.2 Å². The van der Waals surface area contributed by atoms with Gasteiger partial charge in [-0.05, 0) is 36.4 Å². The second kappa shape index (κ2) is 15.2. The molecule has 0 amide bonds. The van der Waals surface area contributed by atoms with Gasteiger partial charge in [0.2, 0.25) is 0 Å². The highest BCUT2D eigenvalue weighted by molar-refractivity contribution is 9.11. The molecule has 54 heavy (non-hydrogen) atoms. The van der Waals surface area contributed by atoms with E-state index < -0.39 is 17.9 Å². The van der Waals surface area contributed by atoms with Gasteiger partial charge in [-0.15, -0.1) is 15.3 Å². The smallest absolute Gasteiger partial charge is 0.342 e. The Morgan fingerprint density at radius 2 is 0.685 bits per heavy atom. The van der Waals surface area contributed by atoms with E-state index in [1.807, 2.05) is 72.8 Å². The second-order valence-corrected chi connectivity index (χ2v) is 14.1. The molecule has 4 aromatic carbocycles. The lowest BCUT2D eigenvalue weighted by Crippen LogP contribution is -2.26. The van der Waals surface area contributed by atoms with Crippen LogP contribution in [0.15, 0.2) is 105 Å². The summed E-state index contributed by atoms with van der Waals surface area (Å²) in [5.74, 6) is -2.88. The molecule has 7 rings (SSSR count). The molecule has 3 aromatic heterocycles. The van der Waals surface area contributed by atoms with Crippen molar-refractivity contribution < 1.29 is 28.6 Å². The summed E-state index contributed by atoms with van der Waals surface area (Å²) >= 11 is 10.3. The van der Waals surface area contributed by atoms with Gasteiger partial charge >= 0.3 is 17.9 Å². The molecule has 270 valence electrons. The Morgan fingerprint density at radius 3 is 0.907 bits per heavy atom. The Balaban J connectivity index is 1.61. The number of carbonyl (C=O) groups is 3. The molecule has 0 aliphatic carbocycles. The maximum atomic E-state index is 14.1. The van der Waals surface area contributed by atoms with E-state index in [-0.39, 0.29) is 33.8 Å². The van der Waals surface area contributed by atoms with Gasteiger partial charge in [-0.25, -0.2) is 28.4 Å². The molecule has 0 saturated heterocycles. The summed E-state index contributed by atoms with van der Waals surface area (Å²) < 4.78 is 22.1. The van der Waals surface area contributed by atoms with Crippen molar-refractivity contribution in [2.75, 3.05) is 21.3 Å². The molecule has 0 aliphatic heterocycles. The SMILES string of the molecule is COC(=O)c1c(-n2cc(-c3ccc(Br)cc3)nn2)c(C(=O)OC)c(-n2cc(-c3ccc(Br)cc3)nn2)c(C(=O)OC)c1-n1cc(-c2ccc(Br)cc2)nn1. The molecule has 0 N–H and O–H groups in total. The fourth-order valence-corrected chi connectivity index (χ4v) is 6.46. The summed E-state index contributed by atoms with van der Waals surface area (Å²) in [6.45, 7) is 0. The van der Waals surface area contributed by atoms with Crippen molar-refractivity contribution in [1.29, 1.82) is 0 Å². The van der Waals surface area contributed by atoms with E-state index >= 15 is 0 Å². The second-order valence-electron chi connectivity index (χ2n) is 11.3. The van der Waals surface area contributed by atoms with Gasteiger partial charge in [0, 0.05) is 30.1 Å². The first-order valence-electron chi connectivity index (χ1n) is 15.7. The molecular formula is C36H24Br3N9O6. The predicted octanol–water partition coefficient (Wildman–Crippen LogP) is 7.08. The minimum Gasteiger partial charge on any atom is -0.465 e. The van der Waals surface area contributed by atoms with Crippen LogP contribution in [0.1, 0.15) is 31.1 Å². The van der Waals surface area contributed by atoms with Crippen LogP contribution in [0.25, 0.3) is 50.8 Å². The first kappa shape index (κ1) is 36.5. The summed E-state index contributed by atoms with van der Waals surface area (Å²) in [6, 6.07) is 21.9. The van der Waals surface area contributed by atoms with E-state index in [9.17, 15) is 14.4 Å². The lowest BCUT2D eigenvalue weighted by Gasteiger charge is -2.22. The van der Waals surface area contributed by atoms with E-state index in [4.69, 9.17) is 14.2 Å². The fraction of sp³-hybridized carbons (Fsp3) is 0.0833. The van der Waals surface area contributed by atoms with Crippen molar-refractivity contribution in [2.24, 2.45) is 0 Å². The van der Waals surface area contributed by atoms with Crippen LogP contribution in [0.5, 0.6) is 0 Å². The molecule has 0 bridgehead atoms. The largest absolute Gasteiger partial charge is 0.465 e. The van der Waals surface area contributed by atoms with Gasteiger partial charge < -0.3 is 14.2 Å². The van der Waals surface area contributed by atoms with Crippen LogP contribution < -0.4 is 0 Å². The van der Waals surface area contributed by atoms with Crippen molar-refractivity contribution in [3.8, 4) is 50.8 Å². The number of aromatic nitrogens is 9. The Hall–Kier alpha value is -5.85. The van der Waals surface area contributed by atoms with Gasteiger partial charge in [-0.2, -0.15) is 0 Å². The first-order valence-corrected chi connectivity index (χ1v) is 18.0. The van der Waals surface area contributed by atoms with Gasteiger partial charge in [0.05, 0.1) is 57.0 Å². The highest BCUT2D eigenvalue weighted by Crippen LogP contribution is 2.39. The van der Waals surface area contributed by atoms with Crippen LogP contribution in [0.2, 0.25) is 0 Å². The number of hydrogen-bond acceptors (Lipinski definition) is 12. The number of halogens is 3. The van der Waals surface area contributed by atoms with E-state index in [1.54, 1.807) is 0 Å². The molecule has 0 aliphatic rings. The minimum atomic E-state index is -0.961. The molecule has 0 saturated carbocycles. The molecule has 15 nitrogen and oxygen atoms in total. The standard InChI is InChI=1S/C36H24Br3N9O6/c1-52-34(49)28-31(46-16-25(40-43-46)19-4-10-22(37)11-5-19)29(35(50)53-2)33(48-18-27(42-45-48)21-8-14-24(39)15-9-21)30(36(51)54-3)32(28)47-17-26(41-44-47)20-6-12-23(38)13-7-20/h4-18H,1-3H3. The maximum Gasteiger partial charge on any atom is 0.342 e. The molecule has 3 heterocycles. The number of nitrogens with zero attached hydrogens (tertiary/aromatic N) is 9. The number of rotatable bonds is 9. The number of hydrogen-bond donors (Lipinski definition) is 0. The summed E-state index contributed by atoms with van der Waals surface area (Å²) in [7, 11) is 3.47. The van der Waals surface area contributed by atoms with Gasteiger partial charge in [0.25, 0.3) is 0 Å². The van der Waals surface area contributed by atoms with Crippen molar-refractivity contribution in [3.63, 3.8) is 0 Å². The lowest BCUT2D eigenvalue weighted by atomic mass is 9.95. The number of methoxy groups -OCH3 is 3. The third kappa shape index (κ3) is 6.85. The molecule has 0 fully saturated rings. The van der Waals surface area contributed by atoms with Crippen LogP contribution in [0.3, 0.4) is 0 Å². The molecule has 0 spiro atoms. The van der Waals surface area contributed by atoms with Crippen molar-refractivity contribution in [2.45, 2.75) is 0 Å². The van der Waals surface area contributed by atoms with E-state index in [1.165, 1.54) is 32.6 Å². The quantitative estimate of drug-likeness (QED) is 0.107. The predicted molar refractivity (Wildman–Crippen MR) is 205 cm³/mol. The Kier molecular flexibility index (Phi) is 10.3. The third-order valence-electron chi connectivity index (χ3n) is 8.18. The van der Waals surface area contributed by atoms with E-state index in [2.05, 4.69) is 78.7 Å². The Labute approximate surface area is 331 Å². The summed E-state index contributed by atoms with van der Waals surface area (Å²) in [5, 5.41) is 26.1. The van der Waals surface area contributed by atoms with E-state index in [0.717, 1.165) is 34.7 Å². The van der Waals surface area contributed by atoms with Gasteiger partial charge in [0.1, 0.15) is 33.8 Å². The zero-order valence-corrected chi connectivity index (χ0v) is 33.0. The normalized spacial score (nSPS) is 11.0. The third-order valence-corrected chi connectivity index (χ3v) is 9.76. The van der Waals surface area contributed by atoms with Crippen LogP contribution in [-0.2, 0) is 14.2 Å². The Morgan fingerprint density at radius 1 is 0.444 bits per heavy atom. The number of carbonyl (C=O) groups excluding carboxylic acids is 3. The maximum absolute atomic E-state index is 14.1. The number of esters is 3. The summed E-state index contributed by atoms with van der Waals surface area (Å²) in [6.07, 6.45) is 4.56. The van der Waals surface area contributed by atoms with Crippen molar-refractivity contribution in [3.05, 3.63) is 121 Å². The van der Waals surface area contributed by atoms with Gasteiger partial charge in [-0.3, -0.25) is 0 Å². The molecular weight excluding hydrogens is 894 g/mol. The minimum absolute atomic E-state index is 0.163. The topological polar surface area (TPSA) is 171 Å². The van der Waals surface area contributed by atoms with Crippen LogP contribution >= 0.6 is 47.8 Å². The molecule has 7 aromatic rings. The molecule has 0 unspecified atom stereocenters. The molecule has 0 atom stereocenters. The number of benzene rings is 4. The Bertz CT molecular complexity index is 2250. The number of ether oxygens (including phenoxy) is 3. The fourth-order valence-electron chi connectivity index (χ4n) is 5.66. The average Bonchev–Trinajstić information content (AvgIpc) is 3.99. The van der Waals surface area contributed by atoms with Crippen molar-refractivity contribution >= 4 is 65.7 Å². The van der Waals surface area contributed by atoms with E-state index in [0.29, 0.717) is 33.8 Å². The first-order chi connectivity index (χ1) is 26.1. The van der Waals surface area contributed by atoms with Crippen LogP contribution in [0.4, 0.5) is 0 Å². The van der Waals surface area contributed by atoms with Crippen molar-refractivity contribution in [1.82, 2.24) is 45.0 Å². The zero-order valence-electron chi connectivity index (χ0n) is 28.3. The lowest BCUT2D eigenvalue weighted by molar-refractivity contribution is 0.0597. The average molecular weight is 918 g/mol. The highest BCUT2D eigenvalue weighted by Gasteiger charge is 2.39. The zero-order chi connectivity index (χ0) is 38.1. The molecule has 18 heteroatoms. The van der Waals surface area contributed by atoms with Crippen LogP contribution in [0, 0.1) is 0 Å². The summed E-state index contributed by atoms with van der Waals surface area (Å²) in [4.78, 5) is 42.4. The monoisotopic (exact) mass is 915 g/mol. The summed E-state index contributed by atoms with van der Waals surface area (Å²) in [5.41, 5.74) is 1.81. The van der Waals surface area contributed by atoms with Gasteiger partial charge in [-0.1, -0.05) is 99.8 Å². The highest BCUT2D eigenvalue weighted by atomic mass is 79.9. The van der Waals surface area contributed by atoms with Gasteiger partial charge in [0.15, 0.2) is 0 Å². The molecule has 0 radical (unpaired) electrons.